The summed E-state index contributed by atoms with van der Waals surface area (Å²) in [6.07, 6.45) is 62.5. The Morgan fingerprint density at radius 1 is 0.236 bits per heavy atom. The van der Waals surface area contributed by atoms with Crippen molar-refractivity contribution in [2.24, 2.45) is 17.8 Å². The van der Waals surface area contributed by atoms with Gasteiger partial charge >= 0.3 is 17.9 Å². The summed E-state index contributed by atoms with van der Waals surface area (Å²) in [7, 11) is 0. The number of ether oxygens (including phenoxy) is 3. The zero-order valence-electron chi connectivity index (χ0n) is 49.7. The molecule has 0 N–H and O–H groups in total. The van der Waals surface area contributed by atoms with E-state index in [1.165, 1.54) is 250 Å². The van der Waals surface area contributed by atoms with Gasteiger partial charge in [-0.3, -0.25) is 14.4 Å². The Bertz CT molecular complexity index is 1120. The smallest absolute Gasteiger partial charge is 0.306 e. The lowest BCUT2D eigenvalue weighted by molar-refractivity contribution is -0.167. The third-order valence-corrected chi connectivity index (χ3v) is 15.1. The summed E-state index contributed by atoms with van der Waals surface area (Å²) in [6.45, 7) is 13.8. The number of rotatable bonds is 59. The second-order valence-corrected chi connectivity index (χ2v) is 24.2. The summed E-state index contributed by atoms with van der Waals surface area (Å²) >= 11 is 0. The van der Waals surface area contributed by atoms with E-state index < -0.39 is 6.10 Å². The van der Waals surface area contributed by atoms with Gasteiger partial charge in [0.2, 0.25) is 0 Å². The lowest BCUT2D eigenvalue weighted by atomic mass is 10.0. The summed E-state index contributed by atoms with van der Waals surface area (Å²) < 4.78 is 17.0. The molecule has 0 aromatic carbocycles. The maximum Gasteiger partial charge on any atom is 0.306 e. The monoisotopic (exact) mass is 1020 g/mol. The van der Waals surface area contributed by atoms with Gasteiger partial charge in [0.25, 0.3) is 0 Å². The van der Waals surface area contributed by atoms with Crippen molar-refractivity contribution in [3.05, 3.63) is 0 Å². The van der Waals surface area contributed by atoms with Crippen LogP contribution in [0.2, 0.25) is 0 Å². The normalized spacial score (nSPS) is 12.1. The molecule has 0 aromatic heterocycles. The van der Waals surface area contributed by atoms with Crippen molar-refractivity contribution in [3.63, 3.8) is 0 Å². The number of esters is 3. The highest BCUT2D eigenvalue weighted by molar-refractivity contribution is 5.71. The number of carbonyl (C=O) groups is 3. The molecule has 0 heterocycles. The van der Waals surface area contributed by atoms with Crippen LogP contribution in [0, 0.1) is 17.8 Å². The molecular weight excluding hydrogens is 889 g/mol. The quantitative estimate of drug-likeness (QED) is 0.0343. The first kappa shape index (κ1) is 70.4. The Morgan fingerprint density at radius 3 is 0.597 bits per heavy atom. The van der Waals surface area contributed by atoms with Gasteiger partial charge in [0, 0.05) is 19.3 Å². The Labute approximate surface area is 450 Å². The van der Waals surface area contributed by atoms with Gasteiger partial charge in [-0.25, -0.2) is 0 Å². The summed E-state index contributed by atoms with van der Waals surface area (Å²) in [5.74, 6) is 1.71. The highest BCUT2D eigenvalue weighted by Gasteiger charge is 2.19. The zero-order valence-corrected chi connectivity index (χ0v) is 49.7. The molecule has 0 amide bonds. The third kappa shape index (κ3) is 59.3. The topological polar surface area (TPSA) is 78.9 Å². The predicted molar refractivity (Wildman–Crippen MR) is 312 cm³/mol. The van der Waals surface area contributed by atoms with Crippen molar-refractivity contribution in [1.82, 2.24) is 0 Å². The molecule has 0 saturated heterocycles. The number of hydrogen-bond donors (Lipinski definition) is 0. The van der Waals surface area contributed by atoms with Crippen LogP contribution in [0.15, 0.2) is 0 Å². The average molecular weight is 1020 g/mol. The van der Waals surface area contributed by atoms with E-state index in [4.69, 9.17) is 14.2 Å². The van der Waals surface area contributed by atoms with E-state index in [2.05, 4.69) is 41.5 Å². The van der Waals surface area contributed by atoms with Crippen molar-refractivity contribution in [3.8, 4) is 0 Å². The van der Waals surface area contributed by atoms with Gasteiger partial charge in [-0.1, -0.05) is 330 Å². The van der Waals surface area contributed by atoms with Crippen molar-refractivity contribution >= 4 is 17.9 Å². The summed E-state index contributed by atoms with van der Waals surface area (Å²) in [5.41, 5.74) is 0. The number of carbonyl (C=O) groups excluding carboxylic acids is 3. The SMILES string of the molecule is CC(C)CCCCCCCCCCCCCCCCCCCCC(=O)OC[C@H](COC(=O)CCCCCCCCCCCCCCCCC(C)C)OC(=O)CCCCCCCCCCCCCCCC(C)C. The summed E-state index contributed by atoms with van der Waals surface area (Å²) in [6, 6.07) is 0. The van der Waals surface area contributed by atoms with E-state index in [1.807, 2.05) is 0 Å². The minimum absolute atomic E-state index is 0.0624. The fourth-order valence-corrected chi connectivity index (χ4v) is 10.2. The van der Waals surface area contributed by atoms with Crippen LogP contribution in [0.3, 0.4) is 0 Å². The molecule has 0 unspecified atom stereocenters. The second-order valence-electron chi connectivity index (χ2n) is 24.2. The lowest BCUT2D eigenvalue weighted by Crippen LogP contribution is -2.30. The Morgan fingerprint density at radius 2 is 0.403 bits per heavy atom. The molecule has 6 heteroatoms. The third-order valence-electron chi connectivity index (χ3n) is 15.1. The first-order valence-electron chi connectivity index (χ1n) is 32.6. The van der Waals surface area contributed by atoms with E-state index in [0.29, 0.717) is 19.3 Å². The number of unbranched alkanes of at least 4 members (excludes halogenated alkanes) is 42. The van der Waals surface area contributed by atoms with E-state index in [1.54, 1.807) is 0 Å². The fourth-order valence-electron chi connectivity index (χ4n) is 10.2. The molecule has 428 valence electrons. The Hall–Kier alpha value is -1.59. The van der Waals surface area contributed by atoms with Gasteiger partial charge in [0.05, 0.1) is 0 Å². The molecule has 6 nitrogen and oxygen atoms in total. The first-order valence-corrected chi connectivity index (χ1v) is 32.6. The van der Waals surface area contributed by atoms with Crippen molar-refractivity contribution in [1.29, 1.82) is 0 Å². The Kier molecular flexibility index (Phi) is 55.9. The maximum absolute atomic E-state index is 12.9. The van der Waals surface area contributed by atoms with E-state index in [0.717, 1.165) is 75.5 Å². The molecule has 0 spiro atoms. The highest BCUT2D eigenvalue weighted by Crippen LogP contribution is 2.19. The first-order chi connectivity index (χ1) is 35.1. The highest BCUT2D eigenvalue weighted by atomic mass is 16.6. The maximum atomic E-state index is 12.9. The second kappa shape index (κ2) is 57.1. The van der Waals surface area contributed by atoms with Gasteiger partial charge in [0.1, 0.15) is 13.2 Å². The molecule has 0 aliphatic heterocycles. The average Bonchev–Trinajstić information content (AvgIpc) is 3.34. The van der Waals surface area contributed by atoms with E-state index in [-0.39, 0.29) is 31.1 Å². The van der Waals surface area contributed by atoms with Crippen LogP contribution in [0.4, 0.5) is 0 Å². The van der Waals surface area contributed by atoms with Crippen LogP contribution >= 0.6 is 0 Å². The van der Waals surface area contributed by atoms with Crippen LogP contribution < -0.4 is 0 Å². The molecule has 1 atom stereocenters. The minimum Gasteiger partial charge on any atom is -0.462 e. The molecule has 0 rings (SSSR count). The van der Waals surface area contributed by atoms with Crippen LogP contribution in [-0.2, 0) is 28.6 Å². The van der Waals surface area contributed by atoms with Gasteiger partial charge in [-0.2, -0.15) is 0 Å². The van der Waals surface area contributed by atoms with Crippen LogP contribution in [0.25, 0.3) is 0 Å². The molecule has 0 aromatic rings. The standard InChI is InChI=1S/C66H128O6/c1-60(2)52-46-40-34-28-22-16-11-9-7-8-10-12-19-25-31-37-43-49-55-64(67)70-58-63(72-66(69)57-51-45-39-33-27-21-15-18-24-30-36-42-48-54-62(5)6)59-71-65(68)56-50-44-38-32-26-20-14-13-17-23-29-35-41-47-53-61(3)4/h60-63H,7-59H2,1-6H3/t63-/m1/s1. The number of hydrogen-bond acceptors (Lipinski definition) is 6. The predicted octanol–water partition coefficient (Wildman–Crippen LogP) is 21.8. The molecule has 0 radical (unpaired) electrons. The lowest BCUT2D eigenvalue weighted by Gasteiger charge is -2.18. The molecule has 0 aliphatic rings. The largest absolute Gasteiger partial charge is 0.462 e. The Balaban J connectivity index is 4.27. The summed E-state index contributed by atoms with van der Waals surface area (Å²) in [5, 5.41) is 0. The van der Waals surface area contributed by atoms with Crippen molar-refractivity contribution in [2.45, 2.75) is 375 Å². The molecule has 0 saturated carbocycles. The fraction of sp³-hybridized carbons (Fsp3) is 0.955. The van der Waals surface area contributed by atoms with Gasteiger partial charge in [0.15, 0.2) is 6.10 Å². The summed E-state index contributed by atoms with van der Waals surface area (Å²) in [4.78, 5) is 38.3. The molecule has 72 heavy (non-hydrogen) atoms. The van der Waals surface area contributed by atoms with Gasteiger partial charge in [-0.15, -0.1) is 0 Å². The minimum atomic E-state index is -0.765. The van der Waals surface area contributed by atoms with Crippen molar-refractivity contribution < 1.29 is 28.6 Å². The van der Waals surface area contributed by atoms with Gasteiger partial charge in [-0.05, 0) is 37.0 Å². The van der Waals surface area contributed by atoms with Crippen LogP contribution in [0.1, 0.15) is 369 Å². The van der Waals surface area contributed by atoms with E-state index >= 15 is 0 Å². The molecule has 0 bridgehead atoms. The van der Waals surface area contributed by atoms with Crippen LogP contribution in [0.5, 0.6) is 0 Å². The van der Waals surface area contributed by atoms with E-state index in [9.17, 15) is 14.4 Å². The van der Waals surface area contributed by atoms with Gasteiger partial charge < -0.3 is 14.2 Å². The van der Waals surface area contributed by atoms with Crippen LogP contribution in [-0.4, -0.2) is 37.2 Å². The molecular formula is C66H128O6. The molecule has 0 aliphatic carbocycles. The van der Waals surface area contributed by atoms with Crippen molar-refractivity contribution in [2.75, 3.05) is 13.2 Å². The zero-order chi connectivity index (χ0) is 52.6. The molecule has 0 fully saturated rings.